The Morgan fingerprint density at radius 2 is 1.74 bits per heavy atom. The number of hydrogen-bond donors (Lipinski definition) is 7. The quantitative estimate of drug-likeness (QED) is 0.108. The number of aliphatic hydroxyl groups excluding tert-OH is 4. The molecule has 0 amide bonds. The van der Waals surface area contributed by atoms with Crippen molar-refractivity contribution in [3.05, 3.63) is 60.7 Å². The fourth-order valence-corrected chi connectivity index (χ4v) is 4.86. The second-order valence-electron chi connectivity index (χ2n) is 10.0. The lowest BCUT2D eigenvalue weighted by Crippen LogP contribution is -2.61. The predicted molar refractivity (Wildman–Crippen MR) is 154 cm³/mol. The first-order valence-corrected chi connectivity index (χ1v) is 13.7. The summed E-state index contributed by atoms with van der Waals surface area (Å²) in [7, 11) is 1.42. The number of carboxylic acid groups (broad SMARTS) is 1. The van der Waals surface area contributed by atoms with Crippen molar-refractivity contribution in [2.24, 2.45) is 0 Å². The van der Waals surface area contributed by atoms with Crippen LogP contribution in [0.25, 0.3) is 21.8 Å². The lowest BCUT2D eigenvalue weighted by Gasteiger charge is -2.38. The summed E-state index contributed by atoms with van der Waals surface area (Å²) >= 11 is 0. The van der Waals surface area contributed by atoms with E-state index in [1.807, 2.05) is 42.5 Å². The number of para-hydroxylation sites is 1. The highest BCUT2D eigenvalue weighted by Crippen LogP contribution is 2.34. The number of benzene rings is 3. The molecule has 1 unspecified atom stereocenters. The van der Waals surface area contributed by atoms with Crippen LogP contribution in [0, 0.1) is 0 Å². The minimum atomic E-state index is -1.82. The maximum atomic E-state index is 11.3. The molecule has 0 radical (unpaired) electrons. The van der Waals surface area contributed by atoms with Crippen molar-refractivity contribution in [1.82, 2.24) is 10.3 Å². The maximum Gasteiger partial charge on any atom is 0.335 e. The number of aliphatic carboxylic acids is 1. The summed E-state index contributed by atoms with van der Waals surface area (Å²) < 4.78 is 27.8. The molecule has 0 aliphatic carbocycles. The Labute approximate surface area is 246 Å². The van der Waals surface area contributed by atoms with Crippen molar-refractivity contribution in [3.63, 3.8) is 0 Å². The van der Waals surface area contributed by atoms with Gasteiger partial charge in [0.15, 0.2) is 17.6 Å². The Hall–Kier alpha value is -4.11. The molecule has 5 rings (SSSR count). The van der Waals surface area contributed by atoms with Crippen LogP contribution in [0.15, 0.2) is 60.7 Å². The molecule has 7 N–H and O–H groups in total. The highest BCUT2D eigenvalue weighted by atomic mass is 16.7. The zero-order valence-corrected chi connectivity index (χ0v) is 23.3. The van der Waals surface area contributed by atoms with Crippen molar-refractivity contribution in [2.45, 2.75) is 36.8 Å². The number of aromatic nitrogens is 1. The van der Waals surface area contributed by atoms with Gasteiger partial charge in [-0.1, -0.05) is 24.3 Å². The number of aromatic amines is 1. The summed E-state index contributed by atoms with van der Waals surface area (Å²) in [5.74, 6) is 0.00179. The lowest BCUT2D eigenvalue weighted by molar-refractivity contribution is -0.271. The number of hydrogen-bond acceptors (Lipinski definition) is 11. The highest BCUT2D eigenvalue weighted by molar-refractivity contribution is 6.10. The van der Waals surface area contributed by atoms with Gasteiger partial charge in [0.05, 0.1) is 12.6 Å². The molecule has 1 fully saturated rings. The van der Waals surface area contributed by atoms with Crippen LogP contribution in [-0.4, -0.2) is 107 Å². The molecular formula is C30H34N2O11. The first-order chi connectivity index (χ1) is 20.8. The molecule has 1 aliphatic heterocycles. The fourth-order valence-electron chi connectivity index (χ4n) is 4.86. The Morgan fingerprint density at radius 1 is 0.953 bits per heavy atom. The number of rotatable bonds is 13. The zero-order chi connectivity index (χ0) is 30.5. The van der Waals surface area contributed by atoms with Crippen LogP contribution in [0.3, 0.4) is 0 Å². The van der Waals surface area contributed by atoms with Gasteiger partial charge in [-0.2, -0.15) is 0 Å². The van der Waals surface area contributed by atoms with Crippen LogP contribution in [-0.2, 0) is 9.53 Å². The van der Waals surface area contributed by atoms with Gasteiger partial charge < -0.3 is 59.5 Å². The van der Waals surface area contributed by atoms with E-state index in [0.29, 0.717) is 18.0 Å². The van der Waals surface area contributed by atoms with Gasteiger partial charge in [-0.15, -0.1) is 0 Å². The van der Waals surface area contributed by atoms with E-state index in [0.717, 1.165) is 21.8 Å². The first kappa shape index (κ1) is 30.4. The Morgan fingerprint density at radius 3 is 2.53 bits per heavy atom. The van der Waals surface area contributed by atoms with Crippen LogP contribution in [0.1, 0.15) is 0 Å². The Balaban J connectivity index is 1.08. The molecule has 3 aromatic carbocycles. The minimum Gasteiger partial charge on any atom is -0.493 e. The Kier molecular flexibility index (Phi) is 9.50. The van der Waals surface area contributed by atoms with Gasteiger partial charge in [0.2, 0.25) is 6.29 Å². The molecule has 230 valence electrons. The highest BCUT2D eigenvalue weighted by Gasteiger charge is 2.48. The molecule has 13 nitrogen and oxygen atoms in total. The van der Waals surface area contributed by atoms with E-state index >= 15 is 0 Å². The number of fused-ring (bicyclic) bond motifs is 3. The monoisotopic (exact) mass is 598 g/mol. The van der Waals surface area contributed by atoms with Gasteiger partial charge in [0, 0.05) is 35.4 Å². The summed E-state index contributed by atoms with van der Waals surface area (Å²) in [5, 5.41) is 54.8. The molecule has 1 aliphatic rings. The second-order valence-corrected chi connectivity index (χ2v) is 10.0. The molecule has 2 heterocycles. The zero-order valence-electron chi connectivity index (χ0n) is 23.3. The summed E-state index contributed by atoms with van der Waals surface area (Å²) in [6, 6.07) is 18.2. The molecular weight excluding hydrogens is 564 g/mol. The summed E-state index contributed by atoms with van der Waals surface area (Å²) in [5.41, 5.74) is 1.98. The van der Waals surface area contributed by atoms with Crippen molar-refractivity contribution < 1.29 is 54.0 Å². The number of aliphatic hydroxyl groups is 4. The van der Waals surface area contributed by atoms with Crippen LogP contribution in [0.4, 0.5) is 0 Å². The number of H-pyrrole nitrogens is 1. The molecule has 43 heavy (non-hydrogen) atoms. The third-order valence-electron chi connectivity index (χ3n) is 7.04. The summed E-state index contributed by atoms with van der Waals surface area (Å²) in [4.78, 5) is 14.7. The minimum absolute atomic E-state index is 0.102. The number of carbonyl (C=O) groups is 1. The SMILES string of the molecule is COc1cc(O[C@@H]2O[C@H](C(=O)O)[C@@H](O)[C@H](O)[C@H]2O)ccc1OCCNCC(O)COc1cccc2[nH]c3ccccc3c12. The number of nitrogens with one attached hydrogen (secondary N) is 2. The average molecular weight is 599 g/mol. The largest absolute Gasteiger partial charge is 0.493 e. The summed E-state index contributed by atoms with van der Waals surface area (Å²) in [6.07, 6.45) is -9.38. The van der Waals surface area contributed by atoms with Crippen molar-refractivity contribution in [2.75, 3.05) is 33.4 Å². The molecule has 0 spiro atoms. The molecule has 1 aromatic heterocycles. The van der Waals surface area contributed by atoms with Crippen LogP contribution in [0.5, 0.6) is 23.0 Å². The standard InChI is InChI=1S/C30H34N2O11/c1-39-23-13-17(42-30-27(36)25(34)26(35)28(43-30)29(37)38)9-10-21(23)40-12-11-31-14-16(33)15-41-22-8-4-7-20-24(22)18-5-2-3-6-19(18)32-20/h2-10,13,16,25-28,30-36H,11-12,14-15H2,1H3,(H,37,38)/t16?,25-,26-,27+,28-,30+/m0/s1. The van der Waals surface area contributed by atoms with Crippen molar-refractivity contribution in [3.8, 4) is 23.0 Å². The molecule has 0 bridgehead atoms. The normalized spacial score (nSPS) is 22.8. The van der Waals surface area contributed by atoms with E-state index in [9.17, 15) is 30.3 Å². The van der Waals surface area contributed by atoms with Crippen LogP contribution in [0.2, 0.25) is 0 Å². The van der Waals surface area contributed by atoms with Gasteiger partial charge in [0.25, 0.3) is 0 Å². The number of methoxy groups -OCH3 is 1. The van der Waals surface area contributed by atoms with E-state index in [1.54, 1.807) is 6.07 Å². The predicted octanol–water partition coefficient (Wildman–Crippen LogP) is 1.01. The van der Waals surface area contributed by atoms with Gasteiger partial charge in [-0.05, 0) is 30.3 Å². The van der Waals surface area contributed by atoms with E-state index in [1.165, 1.54) is 19.2 Å². The van der Waals surface area contributed by atoms with Crippen molar-refractivity contribution in [1.29, 1.82) is 0 Å². The number of carboxylic acids is 1. The topological polar surface area (TPSA) is 192 Å². The molecule has 13 heteroatoms. The second kappa shape index (κ2) is 13.5. The van der Waals surface area contributed by atoms with Gasteiger partial charge >= 0.3 is 5.97 Å². The van der Waals surface area contributed by atoms with E-state index in [4.69, 9.17) is 23.7 Å². The van der Waals surface area contributed by atoms with Gasteiger partial charge in [-0.3, -0.25) is 0 Å². The van der Waals surface area contributed by atoms with E-state index in [-0.39, 0.29) is 31.3 Å². The van der Waals surface area contributed by atoms with E-state index in [2.05, 4.69) is 10.3 Å². The molecule has 6 atom stereocenters. The molecule has 1 saturated heterocycles. The number of ether oxygens (including phenoxy) is 5. The third kappa shape index (κ3) is 6.77. The molecule has 0 saturated carbocycles. The van der Waals surface area contributed by atoms with E-state index < -0.39 is 42.8 Å². The van der Waals surface area contributed by atoms with Gasteiger partial charge in [-0.25, -0.2) is 4.79 Å². The van der Waals surface area contributed by atoms with Crippen molar-refractivity contribution >= 4 is 27.8 Å². The van der Waals surface area contributed by atoms with Crippen LogP contribution < -0.4 is 24.3 Å². The summed E-state index contributed by atoms with van der Waals surface area (Å²) in [6.45, 7) is 1.03. The lowest BCUT2D eigenvalue weighted by atomic mass is 9.99. The van der Waals surface area contributed by atoms with Gasteiger partial charge in [0.1, 0.15) is 49.1 Å². The molecule has 4 aromatic rings. The maximum absolute atomic E-state index is 11.3. The average Bonchev–Trinajstić information content (AvgIpc) is 3.39. The Bertz CT molecular complexity index is 1540. The smallest absolute Gasteiger partial charge is 0.335 e. The van der Waals surface area contributed by atoms with Crippen LogP contribution >= 0.6 is 0 Å². The first-order valence-electron chi connectivity index (χ1n) is 13.7. The third-order valence-corrected chi connectivity index (χ3v) is 7.04. The fraction of sp³-hybridized carbons (Fsp3) is 0.367.